The molecule has 0 aliphatic carbocycles. The zero-order chi connectivity index (χ0) is 16.7. The summed E-state index contributed by atoms with van der Waals surface area (Å²) in [5.41, 5.74) is 8.98. The summed E-state index contributed by atoms with van der Waals surface area (Å²) in [6.45, 7) is 4.74. The van der Waals surface area contributed by atoms with Crippen LogP contribution in [0, 0.1) is 11.8 Å². The highest BCUT2D eigenvalue weighted by Gasteiger charge is 2.41. The van der Waals surface area contributed by atoms with E-state index in [1.54, 1.807) is 7.11 Å². The van der Waals surface area contributed by atoms with Gasteiger partial charge in [-0.05, 0) is 61.1 Å². The highest BCUT2D eigenvalue weighted by atomic mass is 16.5. The molecule has 3 aliphatic heterocycles. The molecule has 1 aromatic carbocycles. The molecule has 0 saturated carbocycles. The van der Waals surface area contributed by atoms with E-state index in [2.05, 4.69) is 28.9 Å². The third-order valence-electron chi connectivity index (χ3n) is 6.22. The van der Waals surface area contributed by atoms with Crippen LogP contribution in [-0.4, -0.2) is 36.1 Å². The lowest BCUT2D eigenvalue weighted by Gasteiger charge is -2.51. The summed E-state index contributed by atoms with van der Waals surface area (Å²) < 4.78 is 5.40. The van der Waals surface area contributed by atoms with Gasteiger partial charge in [-0.3, -0.25) is 9.88 Å². The van der Waals surface area contributed by atoms with Crippen molar-refractivity contribution in [2.75, 3.05) is 20.2 Å². The molecule has 1 unspecified atom stereocenters. The quantitative estimate of drug-likeness (QED) is 0.936. The fourth-order valence-corrected chi connectivity index (χ4v) is 4.79. The van der Waals surface area contributed by atoms with Crippen LogP contribution in [0.3, 0.4) is 0 Å². The van der Waals surface area contributed by atoms with Gasteiger partial charge < -0.3 is 10.5 Å². The second-order valence-electron chi connectivity index (χ2n) is 7.32. The predicted molar refractivity (Wildman–Crippen MR) is 97.1 cm³/mol. The molecule has 2 aromatic rings. The molecule has 2 bridgehead atoms. The first-order chi connectivity index (χ1) is 11.7. The zero-order valence-corrected chi connectivity index (χ0v) is 14.6. The van der Waals surface area contributed by atoms with E-state index in [0.717, 1.165) is 28.5 Å². The summed E-state index contributed by atoms with van der Waals surface area (Å²) >= 11 is 0. The lowest BCUT2D eigenvalue weighted by atomic mass is 9.72. The molecule has 0 amide bonds. The number of fused-ring (bicyclic) bond motifs is 4. The molecular formula is C20H27N3O. The van der Waals surface area contributed by atoms with Crippen molar-refractivity contribution >= 4 is 10.9 Å². The van der Waals surface area contributed by atoms with Gasteiger partial charge in [0.05, 0.1) is 12.6 Å². The molecule has 5 rings (SSSR count). The summed E-state index contributed by atoms with van der Waals surface area (Å²) in [5, 5.41) is 1.12. The Hall–Kier alpha value is -1.65. The van der Waals surface area contributed by atoms with Crippen LogP contribution in [0.25, 0.3) is 10.9 Å². The molecule has 0 spiro atoms. The Morgan fingerprint density at radius 2 is 2.25 bits per heavy atom. The van der Waals surface area contributed by atoms with Crippen LogP contribution in [0.5, 0.6) is 5.75 Å². The van der Waals surface area contributed by atoms with Crippen LogP contribution in [0.2, 0.25) is 0 Å². The van der Waals surface area contributed by atoms with Gasteiger partial charge in [0.2, 0.25) is 0 Å². The average Bonchev–Trinajstić information content (AvgIpc) is 2.66. The lowest BCUT2D eigenvalue weighted by Crippen LogP contribution is -2.56. The van der Waals surface area contributed by atoms with Gasteiger partial charge in [-0.15, -0.1) is 0 Å². The summed E-state index contributed by atoms with van der Waals surface area (Å²) in [6, 6.07) is 8.62. The average molecular weight is 325 g/mol. The van der Waals surface area contributed by atoms with Gasteiger partial charge in [-0.25, -0.2) is 0 Å². The van der Waals surface area contributed by atoms with Gasteiger partial charge >= 0.3 is 0 Å². The fourth-order valence-electron chi connectivity index (χ4n) is 4.79. The highest BCUT2D eigenvalue weighted by molar-refractivity contribution is 5.84. The van der Waals surface area contributed by atoms with Crippen LogP contribution < -0.4 is 10.5 Å². The van der Waals surface area contributed by atoms with E-state index in [9.17, 15) is 0 Å². The van der Waals surface area contributed by atoms with E-state index >= 15 is 0 Å². The molecule has 4 heteroatoms. The topological polar surface area (TPSA) is 51.4 Å². The van der Waals surface area contributed by atoms with Gasteiger partial charge in [0.25, 0.3) is 0 Å². The molecule has 4 nitrogen and oxygen atoms in total. The number of aromatic nitrogens is 1. The number of hydrogen-bond donors (Lipinski definition) is 1. The molecule has 3 aliphatic rings. The van der Waals surface area contributed by atoms with Crippen molar-refractivity contribution in [1.29, 1.82) is 0 Å². The summed E-state index contributed by atoms with van der Waals surface area (Å²) in [7, 11) is 1.70. The summed E-state index contributed by atoms with van der Waals surface area (Å²) in [4.78, 5) is 7.12. The molecule has 0 radical (unpaired) electrons. The molecule has 128 valence electrons. The maximum Gasteiger partial charge on any atom is 0.119 e. The number of hydrogen-bond acceptors (Lipinski definition) is 4. The normalized spacial score (nSPS) is 30.5. The monoisotopic (exact) mass is 325 g/mol. The number of benzene rings is 1. The first-order valence-electron chi connectivity index (χ1n) is 9.13. The maximum absolute atomic E-state index is 6.79. The minimum atomic E-state index is 0.0308. The van der Waals surface area contributed by atoms with Crippen molar-refractivity contribution in [1.82, 2.24) is 9.88 Å². The van der Waals surface area contributed by atoms with Gasteiger partial charge in [0, 0.05) is 30.2 Å². The Kier molecular flexibility index (Phi) is 4.19. The third-order valence-corrected chi connectivity index (χ3v) is 6.22. The number of piperidine rings is 3. The second kappa shape index (κ2) is 6.34. The molecule has 2 N–H and O–H groups in total. The smallest absolute Gasteiger partial charge is 0.119 e. The van der Waals surface area contributed by atoms with Crippen molar-refractivity contribution < 1.29 is 4.74 Å². The van der Waals surface area contributed by atoms with Crippen molar-refractivity contribution in [2.45, 2.75) is 38.3 Å². The van der Waals surface area contributed by atoms with E-state index < -0.39 is 0 Å². The molecule has 5 atom stereocenters. The van der Waals surface area contributed by atoms with Gasteiger partial charge in [0.15, 0.2) is 0 Å². The number of nitrogens with two attached hydrogens (primary N) is 1. The van der Waals surface area contributed by atoms with E-state index in [1.165, 1.54) is 37.9 Å². The second-order valence-corrected chi connectivity index (χ2v) is 7.32. The molecular weight excluding hydrogens is 298 g/mol. The van der Waals surface area contributed by atoms with Crippen LogP contribution >= 0.6 is 0 Å². The highest BCUT2D eigenvalue weighted by Crippen LogP contribution is 2.42. The number of methoxy groups -OCH3 is 1. The van der Waals surface area contributed by atoms with E-state index in [4.69, 9.17) is 10.5 Å². The Labute approximate surface area is 144 Å². The minimum Gasteiger partial charge on any atom is -0.497 e. The molecule has 4 heterocycles. The van der Waals surface area contributed by atoms with Crippen LogP contribution in [-0.2, 0) is 0 Å². The zero-order valence-electron chi connectivity index (χ0n) is 14.6. The minimum absolute atomic E-state index is 0.0308. The predicted octanol–water partition coefficient (Wildman–Crippen LogP) is 3.36. The van der Waals surface area contributed by atoms with Crippen molar-refractivity contribution in [3.63, 3.8) is 0 Å². The van der Waals surface area contributed by atoms with E-state index in [1.807, 2.05) is 18.3 Å². The van der Waals surface area contributed by atoms with Gasteiger partial charge in [-0.1, -0.05) is 13.3 Å². The Morgan fingerprint density at radius 1 is 1.38 bits per heavy atom. The fraction of sp³-hybridized carbons (Fsp3) is 0.550. The van der Waals surface area contributed by atoms with E-state index in [-0.39, 0.29) is 6.04 Å². The first-order valence-corrected chi connectivity index (χ1v) is 9.13. The third kappa shape index (κ3) is 2.58. The lowest BCUT2D eigenvalue weighted by molar-refractivity contribution is -0.0105. The van der Waals surface area contributed by atoms with Gasteiger partial charge in [0.1, 0.15) is 5.75 Å². The van der Waals surface area contributed by atoms with Crippen molar-refractivity contribution in [2.24, 2.45) is 17.6 Å². The van der Waals surface area contributed by atoms with E-state index in [0.29, 0.717) is 6.04 Å². The Balaban J connectivity index is 1.68. The summed E-state index contributed by atoms with van der Waals surface area (Å²) in [6.07, 6.45) is 5.74. The SMILES string of the molecule is CC[C@H]1C[N@@]2CCC1C[C@@H]2[C@H](N)c1ccnc2ccc(OC)cc12. The standard InChI is InChI=1S/C20H27N3O/c1-3-13-12-23-9-7-14(13)10-19(23)20(21)16-6-8-22-18-5-4-15(24-2)11-17(16)18/h4-6,8,11,13-14,19-20H,3,7,9-10,12,21H2,1-2H3/t13-,14?,19+,20+/m0/s1. The van der Waals surface area contributed by atoms with Crippen LogP contribution in [0.15, 0.2) is 30.5 Å². The molecule has 1 aromatic heterocycles. The number of ether oxygens (including phenoxy) is 1. The van der Waals surface area contributed by atoms with Crippen LogP contribution in [0.1, 0.15) is 37.8 Å². The number of pyridine rings is 1. The Morgan fingerprint density at radius 3 is 2.96 bits per heavy atom. The summed E-state index contributed by atoms with van der Waals surface area (Å²) in [5.74, 6) is 2.57. The molecule has 24 heavy (non-hydrogen) atoms. The first kappa shape index (κ1) is 15.9. The Bertz CT molecular complexity index is 732. The number of rotatable bonds is 4. The maximum atomic E-state index is 6.79. The molecule has 3 fully saturated rings. The van der Waals surface area contributed by atoms with Gasteiger partial charge in [-0.2, -0.15) is 0 Å². The largest absolute Gasteiger partial charge is 0.497 e. The van der Waals surface area contributed by atoms with Crippen molar-refractivity contribution in [3.8, 4) is 5.75 Å². The number of nitrogens with zero attached hydrogens (tertiary/aromatic N) is 2. The molecule has 3 saturated heterocycles. The van der Waals surface area contributed by atoms with Crippen LogP contribution in [0.4, 0.5) is 0 Å². The van der Waals surface area contributed by atoms with Crippen molar-refractivity contribution in [3.05, 3.63) is 36.0 Å².